The molecule has 0 aromatic rings. The first-order valence-electron chi connectivity index (χ1n) is 5.92. The van der Waals surface area contributed by atoms with Gasteiger partial charge in [0, 0.05) is 0 Å². The molecule has 0 radical (unpaired) electrons. The largest absolute Gasteiger partial charge is 0.481 e. The van der Waals surface area contributed by atoms with E-state index in [0.717, 1.165) is 12.8 Å². The maximum absolute atomic E-state index is 11.2. The predicted molar refractivity (Wildman–Crippen MR) is 59.1 cm³/mol. The molecular weight excluding hydrogens is 208 g/mol. The maximum Gasteiger partial charge on any atom is 0.307 e. The molecule has 0 aliphatic heterocycles. The van der Waals surface area contributed by atoms with Gasteiger partial charge >= 0.3 is 11.9 Å². The van der Waals surface area contributed by atoms with Crippen LogP contribution in [0, 0.1) is 17.3 Å². The Balaban J connectivity index is 2.93. The lowest BCUT2D eigenvalue weighted by atomic mass is 9.60. The first-order chi connectivity index (χ1) is 7.46. The van der Waals surface area contributed by atoms with Crippen molar-refractivity contribution in [1.29, 1.82) is 0 Å². The summed E-state index contributed by atoms with van der Waals surface area (Å²) in [6.07, 6.45) is 2.98. The van der Waals surface area contributed by atoms with E-state index in [0.29, 0.717) is 19.3 Å². The first kappa shape index (κ1) is 13.0. The Labute approximate surface area is 95.7 Å². The number of hydrogen-bond acceptors (Lipinski definition) is 2. The van der Waals surface area contributed by atoms with Crippen molar-refractivity contribution >= 4 is 11.9 Å². The van der Waals surface area contributed by atoms with Crippen molar-refractivity contribution in [2.24, 2.45) is 17.3 Å². The topological polar surface area (TPSA) is 74.6 Å². The molecule has 1 fully saturated rings. The Hall–Kier alpha value is -1.06. The molecule has 4 nitrogen and oxygen atoms in total. The highest BCUT2D eigenvalue weighted by molar-refractivity contribution is 5.74. The summed E-state index contributed by atoms with van der Waals surface area (Å²) in [5, 5.41) is 18.3. The molecule has 1 saturated carbocycles. The quantitative estimate of drug-likeness (QED) is 0.774. The van der Waals surface area contributed by atoms with E-state index in [-0.39, 0.29) is 17.3 Å². The van der Waals surface area contributed by atoms with Crippen molar-refractivity contribution in [3.8, 4) is 0 Å². The van der Waals surface area contributed by atoms with Gasteiger partial charge in [-0.15, -0.1) is 0 Å². The highest BCUT2D eigenvalue weighted by atomic mass is 16.4. The summed E-state index contributed by atoms with van der Waals surface area (Å²) < 4.78 is 0. The highest BCUT2D eigenvalue weighted by Gasteiger charge is 2.46. The summed E-state index contributed by atoms with van der Waals surface area (Å²) in [4.78, 5) is 22.2. The van der Waals surface area contributed by atoms with Crippen LogP contribution in [0.2, 0.25) is 0 Å². The molecule has 1 aliphatic carbocycles. The van der Waals surface area contributed by atoms with Crippen LogP contribution in [0.3, 0.4) is 0 Å². The van der Waals surface area contributed by atoms with Crippen LogP contribution in [-0.2, 0) is 9.59 Å². The molecule has 0 aromatic carbocycles. The fourth-order valence-electron chi connectivity index (χ4n) is 3.04. The zero-order chi connectivity index (χ0) is 12.3. The van der Waals surface area contributed by atoms with Gasteiger partial charge in [-0.2, -0.15) is 0 Å². The standard InChI is InChI=1S/C12H20O4/c1-3-12(4-2)7-8(10(13)14)5-6-9(12)11(15)16/h8-9H,3-7H2,1-2H3,(H,13,14)(H,15,16). The van der Waals surface area contributed by atoms with E-state index in [4.69, 9.17) is 5.11 Å². The summed E-state index contributed by atoms with van der Waals surface area (Å²) in [7, 11) is 0. The Kier molecular flexibility index (Phi) is 3.94. The molecule has 0 aromatic heterocycles. The molecule has 0 saturated heterocycles. The second kappa shape index (κ2) is 4.85. The summed E-state index contributed by atoms with van der Waals surface area (Å²) in [6, 6.07) is 0. The van der Waals surface area contributed by atoms with Gasteiger partial charge in [-0.1, -0.05) is 13.8 Å². The molecule has 16 heavy (non-hydrogen) atoms. The third kappa shape index (κ3) is 2.20. The zero-order valence-electron chi connectivity index (χ0n) is 9.90. The lowest BCUT2D eigenvalue weighted by Crippen LogP contribution is -2.42. The van der Waals surface area contributed by atoms with Gasteiger partial charge in [0.1, 0.15) is 0 Å². The van der Waals surface area contributed by atoms with Gasteiger partial charge in [-0.05, 0) is 37.5 Å². The van der Waals surface area contributed by atoms with Crippen LogP contribution in [0.1, 0.15) is 46.0 Å². The van der Waals surface area contributed by atoms with E-state index in [9.17, 15) is 14.7 Å². The average molecular weight is 228 g/mol. The van der Waals surface area contributed by atoms with Gasteiger partial charge in [0.25, 0.3) is 0 Å². The van der Waals surface area contributed by atoms with Crippen LogP contribution in [0.15, 0.2) is 0 Å². The molecule has 2 atom stereocenters. The Morgan fingerprint density at radius 3 is 2.06 bits per heavy atom. The van der Waals surface area contributed by atoms with Gasteiger partial charge in [0.15, 0.2) is 0 Å². The minimum absolute atomic E-state index is 0.326. The van der Waals surface area contributed by atoms with Crippen LogP contribution in [0.4, 0.5) is 0 Å². The number of aliphatic carboxylic acids is 2. The minimum atomic E-state index is -0.782. The molecule has 0 heterocycles. The average Bonchev–Trinajstić information content (AvgIpc) is 2.27. The molecule has 1 rings (SSSR count). The van der Waals surface area contributed by atoms with Crippen LogP contribution >= 0.6 is 0 Å². The molecule has 2 N–H and O–H groups in total. The molecule has 92 valence electrons. The molecule has 1 aliphatic rings. The number of carboxylic acid groups (broad SMARTS) is 2. The lowest BCUT2D eigenvalue weighted by molar-refractivity contribution is -0.156. The number of carbonyl (C=O) groups is 2. The third-order valence-corrected chi connectivity index (χ3v) is 4.25. The molecule has 4 heteroatoms. The Bertz CT molecular complexity index is 281. The minimum Gasteiger partial charge on any atom is -0.481 e. The molecule has 2 unspecified atom stereocenters. The smallest absolute Gasteiger partial charge is 0.307 e. The van der Waals surface area contributed by atoms with E-state index in [1.165, 1.54) is 0 Å². The number of hydrogen-bond donors (Lipinski definition) is 2. The summed E-state index contributed by atoms with van der Waals surface area (Å²) >= 11 is 0. The second-order valence-corrected chi connectivity index (χ2v) is 4.78. The van der Waals surface area contributed by atoms with Crippen molar-refractivity contribution in [2.45, 2.75) is 46.0 Å². The van der Waals surface area contributed by atoms with Gasteiger partial charge in [0.05, 0.1) is 11.8 Å². The number of carboxylic acids is 2. The Morgan fingerprint density at radius 1 is 1.12 bits per heavy atom. The van der Waals surface area contributed by atoms with Gasteiger partial charge < -0.3 is 10.2 Å². The summed E-state index contributed by atoms with van der Waals surface area (Å²) in [5.41, 5.74) is -0.326. The molecule has 0 amide bonds. The lowest BCUT2D eigenvalue weighted by Gasteiger charge is -2.43. The Morgan fingerprint density at radius 2 is 1.69 bits per heavy atom. The molecule has 0 spiro atoms. The van der Waals surface area contributed by atoms with E-state index in [2.05, 4.69) is 0 Å². The van der Waals surface area contributed by atoms with Gasteiger partial charge in [-0.3, -0.25) is 9.59 Å². The maximum atomic E-state index is 11.2. The van der Waals surface area contributed by atoms with Gasteiger partial charge in [-0.25, -0.2) is 0 Å². The molecule has 0 bridgehead atoms. The van der Waals surface area contributed by atoms with Gasteiger partial charge in [0.2, 0.25) is 0 Å². The fraction of sp³-hybridized carbons (Fsp3) is 0.833. The highest BCUT2D eigenvalue weighted by Crippen LogP contribution is 2.48. The van der Waals surface area contributed by atoms with Crippen LogP contribution < -0.4 is 0 Å². The monoisotopic (exact) mass is 228 g/mol. The van der Waals surface area contributed by atoms with Crippen molar-refractivity contribution in [2.75, 3.05) is 0 Å². The zero-order valence-corrected chi connectivity index (χ0v) is 9.90. The van der Waals surface area contributed by atoms with Crippen molar-refractivity contribution in [1.82, 2.24) is 0 Å². The van der Waals surface area contributed by atoms with E-state index >= 15 is 0 Å². The van der Waals surface area contributed by atoms with Crippen LogP contribution in [0.5, 0.6) is 0 Å². The fourth-order valence-corrected chi connectivity index (χ4v) is 3.04. The second-order valence-electron chi connectivity index (χ2n) is 4.78. The summed E-state index contributed by atoms with van der Waals surface area (Å²) in [6.45, 7) is 3.92. The van der Waals surface area contributed by atoms with Crippen molar-refractivity contribution < 1.29 is 19.8 Å². The van der Waals surface area contributed by atoms with Crippen molar-refractivity contribution in [3.63, 3.8) is 0 Å². The predicted octanol–water partition coefficient (Wildman–Crippen LogP) is 2.38. The normalized spacial score (nSPS) is 28.6. The van der Waals surface area contributed by atoms with Crippen LogP contribution in [0.25, 0.3) is 0 Å². The van der Waals surface area contributed by atoms with E-state index in [1.54, 1.807) is 0 Å². The van der Waals surface area contributed by atoms with E-state index in [1.807, 2.05) is 13.8 Å². The van der Waals surface area contributed by atoms with E-state index < -0.39 is 11.9 Å². The summed E-state index contributed by atoms with van der Waals surface area (Å²) in [5.74, 6) is -2.30. The van der Waals surface area contributed by atoms with Crippen molar-refractivity contribution in [3.05, 3.63) is 0 Å². The SMILES string of the molecule is CCC1(CC)CC(C(=O)O)CCC1C(=O)O. The molecular formula is C12H20O4. The van der Waals surface area contributed by atoms with Crippen LogP contribution in [-0.4, -0.2) is 22.2 Å². The first-order valence-corrected chi connectivity index (χ1v) is 5.92. The number of rotatable bonds is 4. The third-order valence-electron chi connectivity index (χ3n) is 4.25.